The molecule has 0 aliphatic heterocycles. The third-order valence-electron chi connectivity index (χ3n) is 10.5. The fourth-order valence-electron chi connectivity index (χ4n) is 8.14. The number of carbonyl (C=O) groups excluding carboxylic acids is 5. The Morgan fingerprint density at radius 2 is 1.61 bits per heavy atom. The quantitative estimate of drug-likeness (QED) is 0.352. The van der Waals surface area contributed by atoms with Gasteiger partial charge in [-0.3, -0.25) is 24.0 Å². The molecule has 3 aliphatic carbocycles. The molecule has 7 nitrogen and oxygen atoms in total. The number of Topliss-reactive ketones (excluding diaryl/α,β-unsaturated/α-hetero) is 5. The molecule has 2 N–H and O–H groups in total. The highest BCUT2D eigenvalue weighted by Crippen LogP contribution is 2.57. The number of allylic oxidation sites excluding steroid dienone is 2. The van der Waals surface area contributed by atoms with Crippen LogP contribution in [0.2, 0.25) is 0 Å². The lowest BCUT2D eigenvalue weighted by Crippen LogP contribution is -2.64. The van der Waals surface area contributed by atoms with Crippen molar-refractivity contribution in [1.29, 1.82) is 0 Å². The van der Waals surface area contributed by atoms with E-state index < -0.39 is 58.3 Å². The summed E-state index contributed by atoms with van der Waals surface area (Å²) in [6.07, 6.45) is -0.897. The van der Waals surface area contributed by atoms with E-state index in [9.17, 15) is 34.2 Å². The first-order chi connectivity index (χ1) is 20.4. The monoisotopic (exact) mass is 598 g/mol. The normalized spacial score (nSPS) is 28.4. The predicted molar refractivity (Wildman–Crippen MR) is 166 cm³/mol. The highest BCUT2D eigenvalue weighted by Gasteiger charge is 2.65. The number of hydrogen-bond acceptors (Lipinski definition) is 7. The molecule has 7 heteroatoms. The van der Waals surface area contributed by atoms with Gasteiger partial charge in [0.05, 0.1) is 28.6 Å². The van der Waals surface area contributed by atoms with Crippen LogP contribution in [0.5, 0.6) is 5.75 Å². The Labute approximate surface area is 258 Å². The molecular formula is C37H42O7. The number of aliphatic hydroxyl groups is 1. The fourth-order valence-corrected chi connectivity index (χ4v) is 8.14. The van der Waals surface area contributed by atoms with Crippen LogP contribution in [-0.2, 0) is 37.4 Å². The third kappa shape index (κ3) is 4.71. The molecule has 0 spiro atoms. The van der Waals surface area contributed by atoms with E-state index in [0.29, 0.717) is 11.1 Å². The first-order valence-corrected chi connectivity index (χ1v) is 15.4. The van der Waals surface area contributed by atoms with Crippen LogP contribution in [0.25, 0.3) is 0 Å². The molecule has 0 radical (unpaired) electrons. The maximum absolute atomic E-state index is 14.2. The Balaban J connectivity index is 1.50. The minimum absolute atomic E-state index is 0.0286. The zero-order chi connectivity index (χ0) is 32.6. The Morgan fingerprint density at radius 1 is 1.00 bits per heavy atom. The van der Waals surface area contributed by atoms with E-state index in [0.717, 1.165) is 16.7 Å². The molecular weight excluding hydrogens is 556 g/mol. The molecule has 1 fully saturated rings. The van der Waals surface area contributed by atoms with Gasteiger partial charge in [-0.05, 0) is 62.1 Å². The van der Waals surface area contributed by atoms with Gasteiger partial charge in [0, 0.05) is 30.2 Å². The molecule has 232 valence electrons. The molecule has 0 heterocycles. The zero-order valence-electron chi connectivity index (χ0n) is 26.8. The Morgan fingerprint density at radius 3 is 2.23 bits per heavy atom. The van der Waals surface area contributed by atoms with Crippen LogP contribution in [0.15, 0.2) is 41.5 Å². The van der Waals surface area contributed by atoms with Gasteiger partial charge in [0.15, 0.2) is 23.1 Å². The number of fused-ring (bicyclic) bond motifs is 3. The second-order valence-corrected chi connectivity index (χ2v) is 14.5. The largest absolute Gasteiger partial charge is 0.507 e. The number of carbonyl (C=O) groups is 5. The van der Waals surface area contributed by atoms with Gasteiger partial charge in [-0.25, -0.2) is 0 Å². The van der Waals surface area contributed by atoms with Crippen molar-refractivity contribution in [2.45, 2.75) is 92.1 Å². The van der Waals surface area contributed by atoms with Crippen LogP contribution < -0.4 is 0 Å². The lowest BCUT2D eigenvalue weighted by molar-refractivity contribution is -0.161. The van der Waals surface area contributed by atoms with Gasteiger partial charge in [-0.1, -0.05) is 69.2 Å². The van der Waals surface area contributed by atoms with Crippen molar-refractivity contribution < 1.29 is 34.2 Å². The number of aromatic hydroxyl groups is 1. The summed E-state index contributed by atoms with van der Waals surface area (Å²) >= 11 is 0. The van der Waals surface area contributed by atoms with E-state index in [-0.39, 0.29) is 52.9 Å². The number of benzene rings is 2. The Hall–Kier alpha value is -3.71. The van der Waals surface area contributed by atoms with Crippen LogP contribution >= 0.6 is 0 Å². The van der Waals surface area contributed by atoms with E-state index >= 15 is 0 Å². The second kappa shape index (κ2) is 10.7. The summed E-state index contributed by atoms with van der Waals surface area (Å²) in [4.78, 5) is 67.7. The lowest BCUT2D eigenvalue weighted by atomic mass is 9.47. The molecule has 0 aromatic heterocycles. The molecule has 1 saturated carbocycles. The molecule has 2 aromatic rings. The van der Waals surface area contributed by atoms with Crippen LogP contribution in [0.1, 0.15) is 99.0 Å². The van der Waals surface area contributed by atoms with Gasteiger partial charge in [0.1, 0.15) is 11.5 Å². The first kappa shape index (κ1) is 31.7. The number of phenols is 1. The van der Waals surface area contributed by atoms with E-state index in [1.54, 1.807) is 19.1 Å². The van der Waals surface area contributed by atoms with E-state index in [1.165, 1.54) is 13.8 Å². The molecule has 3 aliphatic rings. The summed E-state index contributed by atoms with van der Waals surface area (Å²) in [6.45, 7) is 14.5. The van der Waals surface area contributed by atoms with Crippen molar-refractivity contribution in [3.8, 4) is 5.75 Å². The average molecular weight is 599 g/mol. The highest BCUT2D eigenvalue weighted by molar-refractivity contribution is 6.31. The van der Waals surface area contributed by atoms with Crippen molar-refractivity contribution in [1.82, 2.24) is 0 Å². The molecule has 0 amide bonds. The van der Waals surface area contributed by atoms with Crippen molar-refractivity contribution in [2.75, 3.05) is 0 Å². The third-order valence-corrected chi connectivity index (χ3v) is 10.5. The Bertz CT molecular complexity index is 1670. The smallest absolute Gasteiger partial charge is 0.180 e. The van der Waals surface area contributed by atoms with Crippen LogP contribution in [0.4, 0.5) is 0 Å². The lowest BCUT2D eigenvalue weighted by Gasteiger charge is -2.53. The van der Waals surface area contributed by atoms with Crippen LogP contribution in [-0.4, -0.2) is 45.2 Å². The first-order valence-electron chi connectivity index (χ1n) is 15.4. The standard InChI is InChI=1S/C37H42O7/c1-17-9-10-21(25(13-17)36(5,6)7)15-23(39)16-22-11-12-24-19(3)28-30(33(42)29(24)31(22)40)35(44)37(8)26(32(28)41)14-18(2)27(20(4)38)34(37)43/h9-13,19,26,28,30,32,40-41H,14-16H2,1-8H3. The Kier molecular flexibility index (Phi) is 7.73. The number of phenolic OH excluding ortho intramolecular Hbond substituents is 1. The van der Waals surface area contributed by atoms with Crippen molar-refractivity contribution in [3.05, 3.63) is 74.9 Å². The number of aryl methyl sites for hydroxylation is 1. The highest BCUT2D eigenvalue weighted by atomic mass is 16.3. The minimum atomic E-state index is -1.74. The maximum Gasteiger partial charge on any atom is 0.180 e. The summed E-state index contributed by atoms with van der Waals surface area (Å²) in [6, 6.07) is 9.37. The number of hydrogen-bond donors (Lipinski definition) is 2. The molecule has 0 bridgehead atoms. The summed E-state index contributed by atoms with van der Waals surface area (Å²) in [5.41, 5.74) is 2.45. The number of aliphatic hydroxyl groups excluding tert-OH is 1. The number of ketones is 5. The SMILES string of the molecule is CC(=O)C1=C(C)CC2C(O)C3C(C(=O)c4c(ccc(CC(=O)Cc5ccc(C)cc5C(C)(C)C)c4O)C3C)C(=O)C2(C)C1=O. The summed E-state index contributed by atoms with van der Waals surface area (Å²) < 4.78 is 0. The second-order valence-electron chi connectivity index (χ2n) is 14.5. The van der Waals surface area contributed by atoms with Crippen molar-refractivity contribution >= 4 is 28.9 Å². The summed E-state index contributed by atoms with van der Waals surface area (Å²) in [5, 5.41) is 23.1. The average Bonchev–Trinajstić information content (AvgIpc) is 2.92. The van der Waals surface area contributed by atoms with Gasteiger partial charge in [-0.15, -0.1) is 0 Å². The molecule has 6 unspecified atom stereocenters. The van der Waals surface area contributed by atoms with Crippen LogP contribution in [0.3, 0.4) is 0 Å². The summed E-state index contributed by atoms with van der Waals surface area (Å²) in [5.74, 6) is -6.24. The zero-order valence-corrected chi connectivity index (χ0v) is 26.8. The molecule has 0 saturated heterocycles. The number of rotatable bonds is 5. The minimum Gasteiger partial charge on any atom is -0.507 e. The van der Waals surface area contributed by atoms with Gasteiger partial charge in [-0.2, -0.15) is 0 Å². The van der Waals surface area contributed by atoms with E-state index in [2.05, 4.69) is 26.8 Å². The van der Waals surface area contributed by atoms with Crippen LogP contribution in [0, 0.1) is 30.1 Å². The molecule has 44 heavy (non-hydrogen) atoms. The van der Waals surface area contributed by atoms with Crippen molar-refractivity contribution in [2.24, 2.45) is 23.2 Å². The summed E-state index contributed by atoms with van der Waals surface area (Å²) in [7, 11) is 0. The van der Waals surface area contributed by atoms with Crippen molar-refractivity contribution in [3.63, 3.8) is 0 Å². The molecule has 2 aromatic carbocycles. The molecule has 6 atom stereocenters. The van der Waals surface area contributed by atoms with Gasteiger partial charge >= 0.3 is 0 Å². The van der Waals surface area contributed by atoms with E-state index in [4.69, 9.17) is 0 Å². The molecule has 5 rings (SSSR count). The van der Waals surface area contributed by atoms with Gasteiger partial charge in [0.25, 0.3) is 0 Å². The fraction of sp³-hybridized carbons (Fsp3) is 0.486. The van der Waals surface area contributed by atoms with Gasteiger partial charge in [0.2, 0.25) is 0 Å². The topological polar surface area (TPSA) is 126 Å². The maximum atomic E-state index is 14.2. The van der Waals surface area contributed by atoms with Gasteiger partial charge < -0.3 is 10.2 Å². The predicted octanol–water partition coefficient (Wildman–Crippen LogP) is 5.33. The van der Waals surface area contributed by atoms with E-state index in [1.807, 2.05) is 26.0 Å².